The van der Waals surface area contributed by atoms with Gasteiger partial charge in [-0.3, -0.25) is 0 Å². The molecule has 1 atom stereocenters. The minimum Gasteiger partial charge on any atom is -0.494 e. The van der Waals surface area contributed by atoms with Gasteiger partial charge in [0.2, 0.25) is 0 Å². The Morgan fingerprint density at radius 1 is 0.625 bits per heavy atom. The van der Waals surface area contributed by atoms with E-state index in [2.05, 4.69) is 69.3 Å². The van der Waals surface area contributed by atoms with Crippen molar-refractivity contribution >= 4 is 0 Å². The van der Waals surface area contributed by atoms with Crippen molar-refractivity contribution in [2.24, 2.45) is 0 Å². The molecule has 0 saturated heterocycles. The lowest BCUT2D eigenvalue weighted by molar-refractivity contribution is 0.0586. The molecule has 0 bridgehead atoms. The molecule has 2 aromatic rings. The zero-order chi connectivity index (χ0) is 22.9. The van der Waals surface area contributed by atoms with E-state index < -0.39 is 0 Å². The third-order valence-electron chi connectivity index (χ3n) is 6.15. The van der Waals surface area contributed by atoms with Crippen LogP contribution in [0.3, 0.4) is 0 Å². The second-order valence-corrected chi connectivity index (χ2v) is 9.12. The van der Waals surface area contributed by atoms with Crippen LogP contribution < -0.4 is 4.74 Å². The number of hydrogen-bond donors (Lipinski definition) is 0. The van der Waals surface area contributed by atoms with Gasteiger partial charge < -0.3 is 9.47 Å². The van der Waals surface area contributed by atoms with Crippen LogP contribution >= 0.6 is 0 Å². The van der Waals surface area contributed by atoms with Crippen molar-refractivity contribution in [3.8, 4) is 16.9 Å². The molecule has 178 valence electrons. The first-order valence-electron chi connectivity index (χ1n) is 13.2. The Balaban J connectivity index is 1.65. The molecule has 0 heterocycles. The highest BCUT2D eigenvalue weighted by Gasteiger charge is 2.04. The van der Waals surface area contributed by atoms with E-state index in [0.29, 0.717) is 6.10 Å². The van der Waals surface area contributed by atoms with E-state index in [1.54, 1.807) is 0 Å². The highest BCUT2D eigenvalue weighted by molar-refractivity contribution is 5.64. The van der Waals surface area contributed by atoms with Crippen LogP contribution in [0, 0.1) is 0 Å². The summed E-state index contributed by atoms with van der Waals surface area (Å²) < 4.78 is 11.8. The quantitative estimate of drug-likeness (QED) is 0.216. The average Bonchev–Trinajstić information content (AvgIpc) is 2.83. The molecule has 0 N–H and O–H groups in total. The predicted octanol–water partition coefficient (Wildman–Crippen LogP) is 9.01. The third-order valence-corrected chi connectivity index (χ3v) is 6.15. The molecule has 32 heavy (non-hydrogen) atoms. The van der Waals surface area contributed by atoms with Crippen molar-refractivity contribution in [1.82, 2.24) is 0 Å². The molecule has 2 heteroatoms. The Labute approximate surface area is 197 Å². The van der Waals surface area contributed by atoms with Gasteiger partial charge in [-0.05, 0) is 61.4 Å². The van der Waals surface area contributed by atoms with Gasteiger partial charge in [-0.1, -0.05) is 102 Å². The number of aryl methyl sites for hydroxylation is 1. The van der Waals surface area contributed by atoms with Crippen LogP contribution in [0.2, 0.25) is 0 Å². The smallest absolute Gasteiger partial charge is 0.119 e. The zero-order valence-corrected chi connectivity index (χ0v) is 20.9. The van der Waals surface area contributed by atoms with Gasteiger partial charge in [-0.25, -0.2) is 0 Å². The maximum atomic E-state index is 5.94. The molecule has 0 aliphatic rings. The summed E-state index contributed by atoms with van der Waals surface area (Å²) in [6.45, 7) is 8.36. The van der Waals surface area contributed by atoms with Gasteiger partial charge in [-0.2, -0.15) is 0 Å². The molecular formula is C30H46O2. The van der Waals surface area contributed by atoms with Crippen molar-refractivity contribution in [2.45, 2.75) is 104 Å². The van der Waals surface area contributed by atoms with E-state index in [9.17, 15) is 0 Å². The molecule has 2 aromatic carbocycles. The standard InChI is InChI=1S/C30H46O2/c1-4-6-8-9-10-11-12-13-25-32-30-22-20-29(21-23-30)28-18-16-27(17-19-28)15-14-26(3)31-24-7-5-2/h16-23,26H,4-15,24-25H2,1-3H3. The maximum absolute atomic E-state index is 5.94. The minimum atomic E-state index is 0.333. The van der Waals surface area contributed by atoms with Gasteiger partial charge in [0.25, 0.3) is 0 Å². The molecule has 0 fully saturated rings. The number of hydrogen-bond acceptors (Lipinski definition) is 2. The van der Waals surface area contributed by atoms with Crippen LogP contribution in [0.1, 0.15) is 97.0 Å². The molecule has 0 amide bonds. The molecule has 0 aromatic heterocycles. The summed E-state index contributed by atoms with van der Waals surface area (Å²) in [5.41, 5.74) is 3.88. The number of ether oxygens (including phenoxy) is 2. The summed E-state index contributed by atoms with van der Waals surface area (Å²) >= 11 is 0. The third kappa shape index (κ3) is 11.2. The highest BCUT2D eigenvalue weighted by atomic mass is 16.5. The average molecular weight is 439 g/mol. The number of rotatable bonds is 18. The SMILES string of the molecule is CCCCCCCCCCOc1ccc(-c2ccc(CCC(C)OCCCC)cc2)cc1. The second-order valence-electron chi connectivity index (χ2n) is 9.12. The van der Waals surface area contributed by atoms with Crippen LogP contribution in [0.15, 0.2) is 48.5 Å². The van der Waals surface area contributed by atoms with E-state index in [4.69, 9.17) is 9.47 Å². The molecule has 1 unspecified atom stereocenters. The van der Waals surface area contributed by atoms with Crippen molar-refractivity contribution < 1.29 is 9.47 Å². The van der Waals surface area contributed by atoms with E-state index in [1.807, 2.05) is 0 Å². The lowest BCUT2D eigenvalue weighted by Crippen LogP contribution is -2.10. The van der Waals surface area contributed by atoms with Crippen molar-refractivity contribution in [3.05, 3.63) is 54.1 Å². The van der Waals surface area contributed by atoms with Gasteiger partial charge >= 0.3 is 0 Å². The van der Waals surface area contributed by atoms with E-state index in [1.165, 1.54) is 68.1 Å². The molecule has 0 aliphatic heterocycles. The Bertz CT molecular complexity index is 690. The summed E-state index contributed by atoms with van der Waals surface area (Å²) in [5.74, 6) is 0.977. The summed E-state index contributed by atoms with van der Waals surface area (Å²) in [4.78, 5) is 0. The zero-order valence-electron chi connectivity index (χ0n) is 20.9. The Kier molecular flexibility index (Phi) is 13.9. The summed E-state index contributed by atoms with van der Waals surface area (Å²) in [7, 11) is 0. The summed E-state index contributed by atoms with van der Waals surface area (Å²) in [6, 6.07) is 17.5. The molecule has 0 saturated carbocycles. The monoisotopic (exact) mass is 438 g/mol. The fourth-order valence-electron chi connectivity index (χ4n) is 3.92. The first-order chi connectivity index (χ1) is 15.7. The Morgan fingerprint density at radius 3 is 1.81 bits per heavy atom. The first kappa shape index (κ1) is 26.5. The summed E-state index contributed by atoms with van der Waals surface area (Å²) in [5, 5.41) is 0. The minimum absolute atomic E-state index is 0.333. The predicted molar refractivity (Wildman–Crippen MR) is 139 cm³/mol. The van der Waals surface area contributed by atoms with Gasteiger partial charge in [0, 0.05) is 6.61 Å². The van der Waals surface area contributed by atoms with E-state index in [0.717, 1.165) is 44.6 Å². The van der Waals surface area contributed by atoms with Gasteiger partial charge in [0.1, 0.15) is 5.75 Å². The molecule has 0 spiro atoms. The van der Waals surface area contributed by atoms with Crippen molar-refractivity contribution in [2.75, 3.05) is 13.2 Å². The van der Waals surface area contributed by atoms with Gasteiger partial charge in [-0.15, -0.1) is 0 Å². The fourth-order valence-corrected chi connectivity index (χ4v) is 3.92. The topological polar surface area (TPSA) is 18.5 Å². The van der Waals surface area contributed by atoms with Crippen LogP contribution in [0.25, 0.3) is 11.1 Å². The number of unbranched alkanes of at least 4 members (excludes halogenated alkanes) is 8. The molecule has 2 nitrogen and oxygen atoms in total. The molecular weight excluding hydrogens is 392 g/mol. The molecule has 0 radical (unpaired) electrons. The van der Waals surface area contributed by atoms with Gasteiger partial charge in [0.15, 0.2) is 0 Å². The van der Waals surface area contributed by atoms with Gasteiger partial charge in [0.05, 0.1) is 12.7 Å². The lowest BCUT2D eigenvalue weighted by Gasteiger charge is -2.13. The molecule has 0 aliphatic carbocycles. The first-order valence-corrected chi connectivity index (χ1v) is 13.2. The fraction of sp³-hybridized carbons (Fsp3) is 0.600. The summed E-state index contributed by atoms with van der Waals surface area (Å²) in [6.07, 6.45) is 15.5. The number of benzene rings is 2. The highest BCUT2D eigenvalue weighted by Crippen LogP contribution is 2.23. The van der Waals surface area contributed by atoms with Crippen LogP contribution in [-0.2, 0) is 11.2 Å². The van der Waals surface area contributed by atoms with E-state index in [-0.39, 0.29) is 0 Å². The largest absolute Gasteiger partial charge is 0.494 e. The van der Waals surface area contributed by atoms with Crippen LogP contribution in [0.4, 0.5) is 0 Å². The Morgan fingerprint density at radius 2 is 1.19 bits per heavy atom. The second kappa shape index (κ2) is 16.8. The van der Waals surface area contributed by atoms with Crippen LogP contribution in [0.5, 0.6) is 5.75 Å². The van der Waals surface area contributed by atoms with Crippen molar-refractivity contribution in [3.63, 3.8) is 0 Å². The lowest BCUT2D eigenvalue weighted by atomic mass is 10.0. The van der Waals surface area contributed by atoms with E-state index >= 15 is 0 Å². The van der Waals surface area contributed by atoms with Crippen LogP contribution in [-0.4, -0.2) is 19.3 Å². The normalized spacial score (nSPS) is 12.1. The Hall–Kier alpha value is -1.80. The van der Waals surface area contributed by atoms with Crippen molar-refractivity contribution in [1.29, 1.82) is 0 Å². The molecule has 2 rings (SSSR count). The maximum Gasteiger partial charge on any atom is 0.119 e.